The molecule has 6 rings (SSSR count). The van der Waals surface area contributed by atoms with Gasteiger partial charge in [0.1, 0.15) is 23.0 Å². The van der Waals surface area contributed by atoms with Gasteiger partial charge in [-0.05, 0) is 136 Å². The lowest BCUT2D eigenvalue weighted by Gasteiger charge is -2.11. The van der Waals surface area contributed by atoms with Gasteiger partial charge in [-0.25, -0.2) is 0 Å². The number of aliphatic hydroxyl groups excluding tert-OH is 1. The molecular weight excluding hydrogens is 628 g/mol. The molecule has 0 aliphatic rings. The molecule has 254 valence electrons. The largest absolute Gasteiger partial charge is 0.508 e. The standard InChI is InChI=1S/C22H20O4.C21H20O3/c1-26-22(25)11-2-15-12-18(16-3-7-20(23)8-4-16)14-19(13-15)17-5-9-21(24)10-6-17;22-11-1-2-15-12-18(16-3-7-20(23)8-4-16)14-19(13-15)17-5-9-21(24)10-6-17/h3-10,12-14,23-24H,2,11H2,1H3;3-10,12-14,22-24H,1-2,11H2. The van der Waals surface area contributed by atoms with Crippen molar-refractivity contribution in [1.29, 1.82) is 0 Å². The number of esters is 1. The van der Waals surface area contributed by atoms with Crippen molar-refractivity contribution in [1.82, 2.24) is 0 Å². The molecule has 0 saturated carbocycles. The topological polar surface area (TPSA) is 127 Å². The van der Waals surface area contributed by atoms with E-state index in [2.05, 4.69) is 24.3 Å². The predicted octanol–water partition coefficient (Wildman–Crippen LogP) is 8.89. The zero-order valence-corrected chi connectivity index (χ0v) is 27.8. The minimum Gasteiger partial charge on any atom is -0.508 e. The van der Waals surface area contributed by atoms with Crippen molar-refractivity contribution in [2.24, 2.45) is 0 Å². The third-order valence-corrected chi connectivity index (χ3v) is 8.26. The number of carbonyl (C=O) groups excluding carboxylic acids is 1. The minimum absolute atomic E-state index is 0.165. The quantitative estimate of drug-likeness (QED) is 0.0923. The number of hydrogen-bond acceptors (Lipinski definition) is 7. The SMILES string of the molecule is COC(=O)CCc1cc(-c2ccc(O)cc2)cc(-c2ccc(O)cc2)c1.OCCCc1cc(-c2ccc(O)cc2)cc(-c2ccc(O)cc2)c1. The molecule has 0 atom stereocenters. The summed E-state index contributed by atoms with van der Waals surface area (Å²) in [7, 11) is 1.39. The molecule has 0 aliphatic carbocycles. The lowest BCUT2D eigenvalue weighted by molar-refractivity contribution is -0.140. The molecule has 7 heteroatoms. The highest BCUT2D eigenvalue weighted by Gasteiger charge is 2.09. The van der Waals surface area contributed by atoms with Gasteiger partial charge in [-0.2, -0.15) is 0 Å². The summed E-state index contributed by atoms with van der Waals surface area (Å²) >= 11 is 0. The van der Waals surface area contributed by atoms with Gasteiger partial charge in [0.15, 0.2) is 0 Å². The normalized spacial score (nSPS) is 10.6. The first kappa shape index (κ1) is 35.3. The molecule has 0 unspecified atom stereocenters. The second-order valence-electron chi connectivity index (χ2n) is 11.9. The number of ether oxygens (including phenoxy) is 1. The maximum atomic E-state index is 11.5. The number of aryl methyl sites for hydroxylation is 2. The van der Waals surface area contributed by atoms with E-state index in [9.17, 15) is 25.2 Å². The first-order valence-corrected chi connectivity index (χ1v) is 16.3. The van der Waals surface area contributed by atoms with Crippen molar-refractivity contribution in [2.75, 3.05) is 13.7 Å². The summed E-state index contributed by atoms with van der Waals surface area (Å²) < 4.78 is 4.73. The van der Waals surface area contributed by atoms with E-state index in [1.54, 1.807) is 48.5 Å². The Hall–Kier alpha value is -6.05. The number of phenols is 4. The fraction of sp³-hybridized carbons (Fsp3) is 0.140. The van der Waals surface area contributed by atoms with Crippen molar-refractivity contribution in [2.45, 2.75) is 25.7 Å². The molecule has 0 fully saturated rings. The van der Waals surface area contributed by atoms with Crippen LogP contribution in [0.1, 0.15) is 24.0 Å². The summed E-state index contributed by atoms with van der Waals surface area (Å²) in [5.74, 6) is 0.679. The number of carbonyl (C=O) groups is 1. The van der Waals surface area contributed by atoms with Crippen molar-refractivity contribution in [3.05, 3.63) is 145 Å². The van der Waals surface area contributed by atoms with Gasteiger partial charge in [-0.1, -0.05) is 72.8 Å². The van der Waals surface area contributed by atoms with Crippen LogP contribution in [0.15, 0.2) is 133 Å². The predicted molar refractivity (Wildman–Crippen MR) is 197 cm³/mol. The van der Waals surface area contributed by atoms with Crippen LogP contribution in [0.2, 0.25) is 0 Å². The van der Waals surface area contributed by atoms with Crippen molar-refractivity contribution >= 4 is 5.97 Å². The van der Waals surface area contributed by atoms with Gasteiger partial charge >= 0.3 is 5.97 Å². The summed E-state index contributed by atoms with van der Waals surface area (Å²) in [4.78, 5) is 11.5. The van der Waals surface area contributed by atoms with Gasteiger partial charge in [0.05, 0.1) is 7.11 Å². The van der Waals surface area contributed by atoms with Crippen LogP contribution in [-0.2, 0) is 22.4 Å². The molecule has 0 aromatic heterocycles. The molecule has 0 heterocycles. The zero-order valence-electron chi connectivity index (χ0n) is 27.8. The van der Waals surface area contributed by atoms with E-state index in [0.29, 0.717) is 19.3 Å². The van der Waals surface area contributed by atoms with Gasteiger partial charge in [0.2, 0.25) is 0 Å². The second-order valence-corrected chi connectivity index (χ2v) is 11.9. The van der Waals surface area contributed by atoms with E-state index in [0.717, 1.165) is 62.1 Å². The summed E-state index contributed by atoms with van der Waals surface area (Å²) in [5, 5.41) is 47.1. The third kappa shape index (κ3) is 9.75. The number of rotatable bonds is 10. The highest BCUT2D eigenvalue weighted by Crippen LogP contribution is 2.32. The average Bonchev–Trinajstić information content (AvgIpc) is 3.14. The van der Waals surface area contributed by atoms with Crippen LogP contribution in [0.3, 0.4) is 0 Å². The summed E-state index contributed by atoms with van der Waals surface area (Å²) in [6.45, 7) is 0.165. The average molecular weight is 669 g/mol. The van der Waals surface area contributed by atoms with E-state index in [1.165, 1.54) is 7.11 Å². The zero-order chi connectivity index (χ0) is 35.5. The van der Waals surface area contributed by atoms with Crippen molar-refractivity contribution in [3.63, 3.8) is 0 Å². The first-order valence-electron chi connectivity index (χ1n) is 16.3. The van der Waals surface area contributed by atoms with Gasteiger partial charge in [0.25, 0.3) is 0 Å². The first-order chi connectivity index (χ1) is 24.2. The number of phenolic OH excluding ortho intramolecular Hbond substituents is 4. The Kier molecular flexibility index (Phi) is 11.9. The van der Waals surface area contributed by atoms with Crippen LogP contribution in [0, 0.1) is 0 Å². The fourth-order valence-corrected chi connectivity index (χ4v) is 5.59. The van der Waals surface area contributed by atoms with Crippen LogP contribution >= 0.6 is 0 Å². The molecular formula is C43H40O7. The highest BCUT2D eigenvalue weighted by atomic mass is 16.5. The summed E-state index contributed by atoms with van der Waals surface area (Å²) in [6, 6.07) is 40.8. The van der Waals surface area contributed by atoms with Crippen LogP contribution in [-0.4, -0.2) is 45.2 Å². The van der Waals surface area contributed by atoms with Gasteiger partial charge < -0.3 is 30.3 Å². The van der Waals surface area contributed by atoms with Crippen molar-refractivity contribution < 1.29 is 35.1 Å². The molecule has 7 nitrogen and oxygen atoms in total. The minimum atomic E-state index is -0.244. The molecule has 0 saturated heterocycles. The molecule has 0 radical (unpaired) electrons. The lowest BCUT2D eigenvalue weighted by atomic mass is 9.94. The smallest absolute Gasteiger partial charge is 0.305 e. The maximum absolute atomic E-state index is 11.5. The number of aromatic hydroxyl groups is 4. The molecule has 0 amide bonds. The fourth-order valence-electron chi connectivity index (χ4n) is 5.59. The number of benzene rings is 6. The van der Waals surface area contributed by atoms with Gasteiger partial charge in [0, 0.05) is 13.0 Å². The number of hydrogen-bond donors (Lipinski definition) is 5. The van der Waals surface area contributed by atoms with E-state index < -0.39 is 0 Å². The Bertz CT molecular complexity index is 1870. The Morgan fingerprint density at radius 2 is 0.760 bits per heavy atom. The molecule has 0 spiro atoms. The third-order valence-electron chi connectivity index (χ3n) is 8.26. The van der Waals surface area contributed by atoms with E-state index in [4.69, 9.17) is 9.84 Å². The van der Waals surface area contributed by atoms with Crippen LogP contribution in [0.4, 0.5) is 0 Å². The Morgan fingerprint density at radius 1 is 0.460 bits per heavy atom. The second kappa shape index (κ2) is 16.9. The van der Waals surface area contributed by atoms with E-state index >= 15 is 0 Å². The Balaban J connectivity index is 0.000000195. The molecule has 6 aromatic carbocycles. The lowest BCUT2D eigenvalue weighted by Crippen LogP contribution is -2.02. The molecule has 5 N–H and O–H groups in total. The summed E-state index contributed by atoms with van der Waals surface area (Å²) in [5.41, 5.74) is 10.3. The highest BCUT2D eigenvalue weighted by molar-refractivity contribution is 5.76. The number of methoxy groups -OCH3 is 1. The number of aliphatic hydroxyl groups is 1. The maximum Gasteiger partial charge on any atom is 0.305 e. The molecule has 0 aliphatic heterocycles. The monoisotopic (exact) mass is 668 g/mol. The Labute approximate surface area is 292 Å². The van der Waals surface area contributed by atoms with E-state index in [1.807, 2.05) is 60.7 Å². The van der Waals surface area contributed by atoms with Crippen LogP contribution < -0.4 is 0 Å². The summed E-state index contributed by atoms with van der Waals surface area (Å²) in [6.07, 6.45) is 2.40. The van der Waals surface area contributed by atoms with Gasteiger partial charge in [-0.15, -0.1) is 0 Å². The van der Waals surface area contributed by atoms with Gasteiger partial charge in [-0.3, -0.25) is 4.79 Å². The van der Waals surface area contributed by atoms with Crippen LogP contribution in [0.5, 0.6) is 23.0 Å². The molecule has 6 aromatic rings. The van der Waals surface area contributed by atoms with E-state index in [-0.39, 0.29) is 35.6 Å². The molecule has 50 heavy (non-hydrogen) atoms. The molecule has 0 bridgehead atoms. The van der Waals surface area contributed by atoms with Crippen molar-refractivity contribution in [3.8, 4) is 67.5 Å². The van der Waals surface area contributed by atoms with Crippen LogP contribution in [0.25, 0.3) is 44.5 Å². The Morgan fingerprint density at radius 3 is 1.04 bits per heavy atom.